The van der Waals surface area contributed by atoms with Crippen LogP contribution in [-0.4, -0.2) is 32.3 Å². The number of nitro benzene ring substituents is 1. The molecule has 132 valence electrons. The molecule has 0 saturated heterocycles. The number of H-pyrrole nitrogens is 1. The zero-order valence-electron chi connectivity index (χ0n) is 13.7. The largest absolute Gasteiger partial charge is 0.502 e. The molecule has 0 unspecified atom stereocenters. The van der Waals surface area contributed by atoms with Crippen molar-refractivity contribution < 1.29 is 14.8 Å². The summed E-state index contributed by atoms with van der Waals surface area (Å²) in [6, 6.07) is 4.22. The topological polar surface area (TPSA) is 134 Å². The van der Waals surface area contributed by atoms with Crippen molar-refractivity contribution in [3.8, 4) is 5.75 Å². The third kappa shape index (κ3) is 4.41. The molecular formula is C15H16BrN5O4. The number of hydrazone groups is 1. The number of benzene rings is 1. The van der Waals surface area contributed by atoms with Crippen LogP contribution in [0, 0.1) is 10.1 Å². The van der Waals surface area contributed by atoms with Crippen molar-refractivity contribution in [3.05, 3.63) is 49.7 Å². The van der Waals surface area contributed by atoms with Crippen LogP contribution in [0.4, 0.5) is 5.69 Å². The molecule has 1 aromatic heterocycles. The fourth-order valence-corrected chi connectivity index (χ4v) is 2.35. The number of aromatic hydroxyl groups is 1. The van der Waals surface area contributed by atoms with Gasteiger partial charge >= 0.3 is 5.69 Å². The van der Waals surface area contributed by atoms with Gasteiger partial charge in [0.25, 0.3) is 5.91 Å². The van der Waals surface area contributed by atoms with Gasteiger partial charge in [-0.15, -0.1) is 0 Å². The van der Waals surface area contributed by atoms with E-state index in [1.807, 2.05) is 20.8 Å². The molecule has 2 aromatic rings. The van der Waals surface area contributed by atoms with Gasteiger partial charge in [-0.05, 0) is 12.1 Å². The number of amides is 1. The number of nitrogens with one attached hydrogen (secondary N) is 2. The number of nitrogens with zero attached hydrogens (tertiary/aromatic N) is 3. The molecule has 25 heavy (non-hydrogen) atoms. The fourth-order valence-electron chi connectivity index (χ4n) is 1.88. The van der Waals surface area contributed by atoms with Crippen molar-refractivity contribution in [1.29, 1.82) is 0 Å². The van der Waals surface area contributed by atoms with Crippen LogP contribution in [0.3, 0.4) is 0 Å². The number of nitro groups is 1. The van der Waals surface area contributed by atoms with Gasteiger partial charge in [0.05, 0.1) is 11.1 Å². The minimum absolute atomic E-state index is 0.0822. The highest BCUT2D eigenvalue weighted by Crippen LogP contribution is 2.32. The van der Waals surface area contributed by atoms with E-state index in [2.05, 4.69) is 36.7 Å². The van der Waals surface area contributed by atoms with Gasteiger partial charge in [-0.25, -0.2) is 5.43 Å². The molecule has 0 saturated carbocycles. The molecular weight excluding hydrogens is 394 g/mol. The van der Waals surface area contributed by atoms with Crippen LogP contribution in [0.25, 0.3) is 0 Å². The number of aromatic nitrogens is 2. The van der Waals surface area contributed by atoms with Crippen molar-refractivity contribution in [1.82, 2.24) is 15.6 Å². The van der Waals surface area contributed by atoms with Crippen LogP contribution in [0.2, 0.25) is 0 Å². The highest BCUT2D eigenvalue weighted by atomic mass is 79.9. The lowest BCUT2D eigenvalue weighted by atomic mass is 9.92. The number of hydrogen-bond acceptors (Lipinski definition) is 6. The summed E-state index contributed by atoms with van der Waals surface area (Å²) in [6.45, 7) is 5.93. The number of aromatic amines is 1. The Bertz CT molecular complexity index is 854. The first kappa shape index (κ1) is 18.6. The van der Waals surface area contributed by atoms with Gasteiger partial charge in [-0.3, -0.25) is 20.0 Å². The number of rotatable bonds is 4. The molecule has 0 radical (unpaired) electrons. The minimum Gasteiger partial charge on any atom is -0.502 e. The van der Waals surface area contributed by atoms with E-state index in [0.717, 1.165) is 11.9 Å². The zero-order valence-corrected chi connectivity index (χ0v) is 15.3. The summed E-state index contributed by atoms with van der Waals surface area (Å²) in [5, 5.41) is 31.2. The first-order valence-corrected chi connectivity index (χ1v) is 7.95. The van der Waals surface area contributed by atoms with Gasteiger partial charge in [0, 0.05) is 27.2 Å². The lowest BCUT2D eigenvalue weighted by molar-refractivity contribution is -0.385. The SMILES string of the molecule is CC(C)(C)c1cc(C(=O)NN=Cc2cc(Br)cc([N+](=O)[O-])c2O)n[nH]1. The van der Waals surface area contributed by atoms with Crippen LogP contribution >= 0.6 is 15.9 Å². The van der Waals surface area contributed by atoms with Gasteiger partial charge in [0.2, 0.25) is 5.75 Å². The second-order valence-corrected chi connectivity index (χ2v) is 7.15. The molecule has 2 rings (SSSR count). The molecule has 3 N–H and O–H groups in total. The molecule has 0 aliphatic carbocycles. The predicted octanol–water partition coefficient (Wildman–Crippen LogP) is 2.85. The van der Waals surface area contributed by atoms with Crippen LogP contribution in [0.15, 0.2) is 27.8 Å². The van der Waals surface area contributed by atoms with Crippen molar-refractivity contribution >= 4 is 33.7 Å². The highest BCUT2D eigenvalue weighted by Gasteiger charge is 2.20. The minimum atomic E-state index is -0.715. The summed E-state index contributed by atoms with van der Waals surface area (Å²) in [4.78, 5) is 22.2. The van der Waals surface area contributed by atoms with Gasteiger partial charge in [0.15, 0.2) is 5.69 Å². The van der Waals surface area contributed by atoms with E-state index in [-0.39, 0.29) is 16.7 Å². The normalized spacial score (nSPS) is 11.7. The Balaban J connectivity index is 2.15. The van der Waals surface area contributed by atoms with Gasteiger partial charge in [-0.2, -0.15) is 10.2 Å². The van der Waals surface area contributed by atoms with E-state index >= 15 is 0 Å². The van der Waals surface area contributed by atoms with E-state index in [0.29, 0.717) is 4.47 Å². The second kappa shape index (κ2) is 7.01. The summed E-state index contributed by atoms with van der Waals surface area (Å²) < 4.78 is 0.395. The summed E-state index contributed by atoms with van der Waals surface area (Å²) in [6.07, 6.45) is 1.11. The highest BCUT2D eigenvalue weighted by molar-refractivity contribution is 9.10. The summed E-state index contributed by atoms with van der Waals surface area (Å²) >= 11 is 3.12. The van der Waals surface area contributed by atoms with Gasteiger partial charge < -0.3 is 5.11 Å². The maximum absolute atomic E-state index is 12.0. The quantitative estimate of drug-likeness (QED) is 0.405. The maximum Gasteiger partial charge on any atom is 0.312 e. The molecule has 9 nitrogen and oxygen atoms in total. The number of carbonyl (C=O) groups is 1. The van der Waals surface area contributed by atoms with E-state index in [1.165, 1.54) is 12.1 Å². The summed E-state index contributed by atoms with van der Waals surface area (Å²) in [7, 11) is 0. The Kier molecular flexibility index (Phi) is 5.21. The zero-order chi connectivity index (χ0) is 18.8. The lowest BCUT2D eigenvalue weighted by Crippen LogP contribution is -2.18. The molecule has 10 heteroatoms. The Hall–Kier alpha value is -2.75. The number of hydrogen-bond donors (Lipinski definition) is 3. The van der Waals surface area contributed by atoms with E-state index in [1.54, 1.807) is 6.07 Å². The van der Waals surface area contributed by atoms with Crippen molar-refractivity contribution in [2.45, 2.75) is 26.2 Å². The lowest BCUT2D eigenvalue weighted by Gasteiger charge is -2.14. The molecule has 0 aliphatic rings. The van der Waals surface area contributed by atoms with Crippen LogP contribution < -0.4 is 5.43 Å². The average molecular weight is 410 g/mol. The van der Waals surface area contributed by atoms with Crippen molar-refractivity contribution in [2.75, 3.05) is 0 Å². The standard InChI is InChI=1S/C15H16BrN5O4/c1-15(2,3)12-6-10(18-19-12)14(23)20-17-7-8-4-9(16)5-11(13(8)22)21(24)25/h4-7,22H,1-3H3,(H,18,19)(H,20,23). The Morgan fingerprint density at radius 2 is 2.12 bits per heavy atom. The molecule has 0 atom stereocenters. The predicted molar refractivity (Wildman–Crippen MR) is 94.8 cm³/mol. The monoisotopic (exact) mass is 409 g/mol. The summed E-state index contributed by atoms with van der Waals surface area (Å²) in [5.41, 5.74) is 2.64. The van der Waals surface area contributed by atoms with Crippen molar-refractivity contribution in [2.24, 2.45) is 5.10 Å². The maximum atomic E-state index is 12.0. The molecule has 1 amide bonds. The van der Waals surface area contributed by atoms with E-state index in [4.69, 9.17) is 0 Å². The van der Waals surface area contributed by atoms with Gasteiger partial charge in [-0.1, -0.05) is 36.7 Å². The molecule has 0 fully saturated rings. The first-order chi connectivity index (χ1) is 11.6. The number of halogens is 1. The number of phenols is 1. The van der Waals surface area contributed by atoms with E-state index in [9.17, 15) is 20.0 Å². The van der Waals surface area contributed by atoms with E-state index < -0.39 is 22.3 Å². The summed E-state index contributed by atoms with van der Waals surface area (Å²) in [5.74, 6) is -1.09. The Morgan fingerprint density at radius 1 is 1.44 bits per heavy atom. The number of carbonyl (C=O) groups excluding carboxylic acids is 1. The molecule has 1 aromatic carbocycles. The van der Waals surface area contributed by atoms with Crippen LogP contribution in [-0.2, 0) is 5.41 Å². The molecule has 0 aliphatic heterocycles. The Morgan fingerprint density at radius 3 is 2.68 bits per heavy atom. The Labute approximate surface area is 151 Å². The van der Waals surface area contributed by atoms with Crippen LogP contribution in [0.1, 0.15) is 42.5 Å². The average Bonchev–Trinajstić information content (AvgIpc) is 3.00. The number of phenolic OH excluding ortho intramolecular Hbond substituents is 1. The van der Waals surface area contributed by atoms with Gasteiger partial charge in [0.1, 0.15) is 0 Å². The smallest absolute Gasteiger partial charge is 0.312 e. The molecule has 1 heterocycles. The molecule has 0 spiro atoms. The second-order valence-electron chi connectivity index (χ2n) is 6.24. The third-order valence-corrected chi connectivity index (χ3v) is 3.73. The van der Waals surface area contributed by atoms with Crippen molar-refractivity contribution in [3.63, 3.8) is 0 Å². The first-order valence-electron chi connectivity index (χ1n) is 7.16. The fraction of sp³-hybridized carbons (Fsp3) is 0.267. The van der Waals surface area contributed by atoms with Crippen LogP contribution in [0.5, 0.6) is 5.75 Å². The third-order valence-electron chi connectivity index (χ3n) is 3.27. The molecule has 0 bridgehead atoms.